The molecule has 0 atom stereocenters. The van der Waals surface area contributed by atoms with E-state index < -0.39 is 0 Å². The van der Waals surface area contributed by atoms with Gasteiger partial charge in [-0.25, -0.2) is 4.98 Å². The Morgan fingerprint density at radius 3 is 2.89 bits per heavy atom. The third-order valence-corrected chi connectivity index (χ3v) is 4.74. The number of allylic oxidation sites excluding steroid dienone is 1. The van der Waals surface area contributed by atoms with Crippen LogP contribution in [0.25, 0.3) is 0 Å². The summed E-state index contributed by atoms with van der Waals surface area (Å²) in [5, 5.41) is 0.569. The molecule has 100 valence electrons. The number of rotatable bonds is 4. The van der Waals surface area contributed by atoms with Gasteiger partial charge >= 0.3 is 0 Å². The van der Waals surface area contributed by atoms with Crippen LogP contribution >= 0.6 is 34.2 Å². The minimum Gasteiger partial charge on any atom is -0.488 e. The van der Waals surface area contributed by atoms with Crippen LogP contribution in [0.15, 0.2) is 36.4 Å². The fraction of sp³-hybridized carbons (Fsp3) is 0.357. The van der Waals surface area contributed by atoms with Crippen molar-refractivity contribution in [1.82, 2.24) is 9.88 Å². The molecule has 1 aromatic heterocycles. The third kappa shape index (κ3) is 3.05. The Labute approximate surface area is 131 Å². The van der Waals surface area contributed by atoms with Crippen LogP contribution in [0.5, 0.6) is 0 Å². The van der Waals surface area contributed by atoms with Crippen LogP contribution in [0.3, 0.4) is 0 Å². The molecule has 0 N–H and O–H groups in total. The van der Waals surface area contributed by atoms with Gasteiger partial charge in [0.25, 0.3) is 0 Å². The summed E-state index contributed by atoms with van der Waals surface area (Å²) in [4.78, 5) is 6.62. The topological polar surface area (TPSA) is 25.4 Å². The first-order valence-corrected chi connectivity index (χ1v) is 7.68. The second-order valence-electron chi connectivity index (χ2n) is 4.87. The molecule has 0 radical (unpaired) electrons. The lowest BCUT2D eigenvalue weighted by molar-refractivity contribution is 0.227. The number of hydrogen-bond donors (Lipinski definition) is 0. The highest BCUT2D eigenvalue weighted by Gasteiger charge is 2.32. The fourth-order valence-electron chi connectivity index (χ4n) is 2.20. The van der Waals surface area contributed by atoms with E-state index in [0.717, 1.165) is 15.9 Å². The molecule has 3 nitrogen and oxygen atoms in total. The van der Waals surface area contributed by atoms with Gasteiger partial charge in [0.15, 0.2) is 0 Å². The standard InChI is InChI=1S/C14H14ClIN2O/c1-9-4-12(8-19-9)18(11-2-3-11)7-10-5-13(16)14(15)17-6-10/h4-6,11H,1-3,7-8H2. The van der Waals surface area contributed by atoms with Crippen LogP contribution in [-0.4, -0.2) is 22.5 Å². The van der Waals surface area contributed by atoms with Crippen LogP contribution in [0, 0.1) is 3.57 Å². The van der Waals surface area contributed by atoms with Crippen LogP contribution in [0.2, 0.25) is 5.15 Å². The number of pyridine rings is 1. The number of aromatic nitrogens is 1. The molecule has 19 heavy (non-hydrogen) atoms. The molecule has 1 aliphatic heterocycles. The molecule has 0 bridgehead atoms. The predicted molar refractivity (Wildman–Crippen MR) is 83.7 cm³/mol. The Morgan fingerprint density at radius 1 is 1.53 bits per heavy atom. The molecule has 1 aliphatic carbocycles. The van der Waals surface area contributed by atoms with Crippen molar-refractivity contribution in [1.29, 1.82) is 0 Å². The van der Waals surface area contributed by atoms with Crippen molar-refractivity contribution in [2.45, 2.75) is 25.4 Å². The Balaban J connectivity index is 1.80. The van der Waals surface area contributed by atoms with Crippen LogP contribution in [0.4, 0.5) is 0 Å². The Kier molecular flexibility index (Phi) is 3.71. The highest BCUT2D eigenvalue weighted by atomic mass is 127. The molecule has 2 aliphatic rings. The van der Waals surface area contributed by atoms with Gasteiger partial charge in [-0.2, -0.15) is 0 Å². The van der Waals surface area contributed by atoms with Crippen molar-refractivity contribution in [3.8, 4) is 0 Å². The smallest absolute Gasteiger partial charge is 0.142 e. The average Bonchev–Trinajstić information content (AvgIpc) is 3.13. The minimum absolute atomic E-state index is 0.569. The van der Waals surface area contributed by atoms with E-state index in [4.69, 9.17) is 16.3 Å². The predicted octanol–water partition coefficient (Wildman–Crippen LogP) is 3.73. The normalized spacial score (nSPS) is 18.2. The van der Waals surface area contributed by atoms with Gasteiger partial charge in [-0.1, -0.05) is 18.2 Å². The summed E-state index contributed by atoms with van der Waals surface area (Å²) in [5.41, 5.74) is 2.40. The van der Waals surface area contributed by atoms with Crippen molar-refractivity contribution in [2.75, 3.05) is 6.61 Å². The first kappa shape index (κ1) is 13.2. The van der Waals surface area contributed by atoms with E-state index in [9.17, 15) is 0 Å². The first-order valence-electron chi connectivity index (χ1n) is 6.22. The molecule has 0 saturated heterocycles. The highest BCUT2D eigenvalue weighted by molar-refractivity contribution is 14.1. The van der Waals surface area contributed by atoms with E-state index in [1.54, 1.807) is 0 Å². The van der Waals surface area contributed by atoms with Gasteiger partial charge in [0.1, 0.15) is 17.5 Å². The Morgan fingerprint density at radius 2 is 2.32 bits per heavy atom. The van der Waals surface area contributed by atoms with Crippen LogP contribution < -0.4 is 0 Å². The summed E-state index contributed by atoms with van der Waals surface area (Å²) in [6.45, 7) is 5.33. The zero-order chi connectivity index (χ0) is 13.4. The van der Waals surface area contributed by atoms with Crippen molar-refractivity contribution in [2.24, 2.45) is 0 Å². The van der Waals surface area contributed by atoms with Crippen molar-refractivity contribution >= 4 is 34.2 Å². The van der Waals surface area contributed by atoms with Crippen molar-refractivity contribution < 1.29 is 4.74 Å². The summed E-state index contributed by atoms with van der Waals surface area (Å²) in [6, 6.07) is 2.73. The van der Waals surface area contributed by atoms with E-state index in [1.165, 1.54) is 24.1 Å². The van der Waals surface area contributed by atoms with E-state index in [2.05, 4.69) is 45.1 Å². The van der Waals surface area contributed by atoms with Gasteiger partial charge in [0.2, 0.25) is 0 Å². The Hall–Kier alpha value is -0.750. The molecule has 0 unspecified atom stereocenters. The van der Waals surface area contributed by atoms with Crippen molar-refractivity contribution in [3.05, 3.63) is 50.7 Å². The van der Waals surface area contributed by atoms with Gasteiger partial charge in [-0.05, 0) is 47.1 Å². The third-order valence-electron chi connectivity index (χ3n) is 3.30. The maximum Gasteiger partial charge on any atom is 0.142 e. The van der Waals surface area contributed by atoms with Gasteiger partial charge in [-0.3, -0.25) is 0 Å². The lowest BCUT2D eigenvalue weighted by Crippen LogP contribution is -2.25. The summed E-state index contributed by atoms with van der Waals surface area (Å²) in [7, 11) is 0. The zero-order valence-corrected chi connectivity index (χ0v) is 13.3. The van der Waals surface area contributed by atoms with Crippen LogP contribution in [-0.2, 0) is 11.3 Å². The van der Waals surface area contributed by atoms with E-state index in [-0.39, 0.29) is 0 Å². The SMILES string of the molecule is C=C1C=C(N(Cc2cnc(Cl)c(I)c2)C2CC2)CO1. The fourth-order valence-corrected chi connectivity index (χ4v) is 2.84. The molecular weight excluding hydrogens is 375 g/mol. The quantitative estimate of drug-likeness (QED) is 0.580. The molecule has 3 rings (SSSR count). The van der Waals surface area contributed by atoms with Gasteiger partial charge in [-0.15, -0.1) is 0 Å². The van der Waals surface area contributed by atoms with E-state index in [0.29, 0.717) is 17.8 Å². The van der Waals surface area contributed by atoms with Gasteiger partial charge < -0.3 is 9.64 Å². The summed E-state index contributed by atoms with van der Waals surface area (Å²) < 4.78 is 6.43. The number of halogens is 2. The molecular formula is C14H14ClIN2O. The molecule has 1 saturated carbocycles. The van der Waals surface area contributed by atoms with Gasteiger partial charge in [0.05, 0.1) is 9.27 Å². The number of nitrogens with zero attached hydrogens (tertiary/aromatic N) is 2. The average molecular weight is 389 g/mol. The molecule has 0 aromatic carbocycles. The summed E-state index contributed by atoms with van der Waals surface area (Å²) in [6.07, 6.45) is 6.39. The van der Waals surface area contributed by atoms with Gasteiger partial charge in [0, 0.05) is 24.9 Å². The molecule has 1 fully saturated rings. The molecule has 5 heteroatoms. The largest absolute Gasteiger partial charge is 0.488 e. The van der Waals surface area contributed by atoms with E-state index in [1.807, 2.05) is 12.3 Å². The minimum atomic E-state index is 0.569. The number of ether oxygens (including phenoxy) is 1. The van der Waals surface area contributed by atoms with Crippen LogP contribution in [0.1, 0.15) is 18.4 Å². The van der Waals surface area contributed by atoms with E-state index >= 15 is 0 Å². The molecule has 0 amide bonds. The first-order chi connectivity index (χ1) is 9.13. The number of hydrogen-bond acceptors (Lipinski definition) is 3. The molecule has 0 spiro atoms. The second-order valence-corrected chi connectivity index (χ2v) is 6.39. The monoisotopic (exact) mass is 388 g/mol. The summed E-state index contributed by atoms with van der Waals surface area (Å²) in [5.74, 6) is 0.754. The highest BCUT2D eigenvalue weighted by Crippen LogP contribution is 2.34. The zero-order valence-electron chi connectivity index (χ0n) is 10.4. The summed E-state index contributed by atoms with van der Waals surface area (Å²) >= 11 is 8.18. The lowest BCUT2D eigenvalue weighted by atomic mass is 10.2. The second kappa shape index (κ2) is 5.32. The maximum atomic E-state index is 5.96. The molecule has 2 heterocycles. The van der Waals surface area contributed by atoms with Crippen molar-refractivity contribution in [3.63, 3.8) is 0 Å². The lowest BCUT2D eigenvalue weighted by Gasteiger charge is -2.25. The Bertz CT molecular complexity index is 554. The maximum absolute atomic E-state index is 5.96. The molecule has 1 aromatic rings.